The van der Waals surface area contributed by atoms with E-state index < -0.39 is 0 Å². The first-order valence-corrected chi connectivity index (χ1v) is 8.53. The van der Waals surface area contributed by atoms with Gasteiger partial charge in [0.1, 0.15) is 0 Å². The summed E-state index contributed by atoms with van der Waals surface area (Å²) >= 11 is 3.55. The van der Waals surface area contributed by atoms with Crippen LogP contribution in [0.25, 0.3) is 0 Å². The van der Waals surface area contributed by atoms with Crippen molar-refractivity contribution in [3.05, 3.63) is 28.2 Å². The maximum absolute atomic E-state index is 11.7. The Morgan fingerprint density at radius 1 is 1.38 bits per heavy atom. The highest BCUT2D eigenvalue weighted by atomic mass is 79.9. The van der Waals surface area contributed by atoms with E-state index in [0.717, 1.165) is 16.1 Å². The van der Waals surface area contributed by atoms with E-state index in [4.69, 9.17) is 4.74 Å². The van der Waals surface area contributed by atoms with Gasteiger partial charge in [0.15, 0.2) is 0 Å². The number of carbonyl (C=O) groups excluding carboxylic acids is 1. The Hall–Kier alpha value is -1.03. The van der Waals surface area contributed by atoms with Crippen molar-refractivity contribution in [1.82, 2.24) is 0 Å². The van der Waals surface area contributed by atoms with Crippen molar-refractivity contribution in [2.45, 2.75) is 46.1 Å². The molecule has 1 aliphatic carbocycles. The van der Waals surface area contributed by atoms with Crippen molar-refractivity contribution in [3.8, 4) is 0 Å². The lowest BCUT2D eigenvalue weighted by Crippen LogP contribution is -2.33. The molecular weight excluding hydrogens is 330 g/mol. The minimum absolute atomic E-state index is 0.274. The third-order valence-corrected chi connectivity index (χ3v) is 4.91. The van der Waals surface area contributed by atoms with E-state index in [-0.39, 0.29) is 5.97 Å². The summed E-state index contributed by atoms with van der Waals surface area (Å²) in [6, 6.07) is 6.12. The molecule has 4 heteroatoms. The van der Waals surface area contributed by atoms with Crippen molar-refractivity contribution in [2.75, 3.05) is 11.9 Å². The van der Waals surface area contributed by atoms with Crippen LogP contribution < -0.4 is 5.32 Å². The molecule has 1 aromatic carbocycles. The molecule has 1 aliphatic rings. The maximum atomic E-state index is 11.7. The normalized spacial score (nSPS) is 25.4. The van der Waals surface area contributed by atoms with E-state index in [0.29, 0.717) is 24.1 Å². The monoisotopic (exact) mass is 353 g/mol. The average Bonchev–Trinajstić information content (AvgIpc) is 2.44. The average molecular weight is 354 g/mol. The zero-order valence-corrected chi connectivity index (χ0v) is 14.6. The molecule has 21 heavy (non-hydrogen) atoms. The Bertz CT molecular complexity index is 504. The van der Waals surface area contributed by atoms with Gasteiger partial charge in [-0.2, -0.15) is 0 Å². The van der Waals surface area contributed by atoms with Crippen LogP contribution in [0.3, 0.4) is 0 Å². The number of halogens is 1. The summed E-state index contributed by atoms with van der Waals surface area (Å²) in [5, 5.41) is 3.62. The summed E-state index contributed by atoms with van der Waals surface area (Å²) in [7, 11) is 0. The molecular formula is C17H24BrNO2. The lowest BCUT2D eigenvalue weighted by atomic mass is 9.80. The summed E-state index contributed by atoms with van der Waals surface area (Å²) < 4.78 is 5.94. The summed E-state index contributed by atoms with van der Waals surface area (Å²) in [4.78, 5) is 11.7. The predicted octanol–water partition coefficient (Wildman–Crippen LogP) is 4.86. The Kier molecular flexibility index (Phi) is 5.68. The van der Waals surface area contributed by atoms with Crippen LogP contribution in [0.15, 0.2) is 22.7 Å². The third-order valence-electron chi connectivity index (χ3n) is 4.25. The fourth-order valence-corrected chi connectivity index (χ4v) is 3.55. The van der Waals surface area contributed by atoms with Gasteiger partial charge in [0.05, 0.1) is 12.2 Å². The largest absolute Gasteiger partial charge is 0.462 e. The van der Waals surface area contributed by atoms with Crippen LogP contribution in [0.4, 0.5) is 5.69 Å². The van der Waals surface area contributed by atoms with Gasteiger partial charge in [-0.05, 0) is 72.2 Å². The molecule has 3 atom stereocenters. The summed E-state index contributed by atoms with van der Waals surface area (Å²) in [5.74, 6) is 1.22. The number of benzene rings is 1. The second-order valence-corrected chi connectivity index (χ2v) is 6.92. The van der Waals surface area contributed by atoms with Gasteiger partial charge in [0.2, 0.25) is 0 Å². The first kappa shape index (κ1) is 16.3. The maximum Gasteiger partial charge on any atom is 0.338 e. The van der Waals surface area contributed by atoms with Crippen LogP contribution in [-0.2, 0) is 4.74 Å². The number of nitrogens with one attached hydrogen (secondary N) is 1. The lowest BCUT2D eigenvalue weighted by Gasteiger charge is -2.34. The van der Waals surface area contributed by atoms with E-state index in [9.17, 15) is 4.79 Å². The predicted molar refractivity (Wildman–Crippen MR) is 89.7 cm³/mol. The molecule has 0 amide bonds. The number of esters is 1. The number of carbonyl (C=O) groups is 1. The first-order chi connectivity index (χ1) is 10.0. The van der Waals surface area contributed by atoms with Gasteiger partial charge in [0, 0.05) is 16.2 Å². The van der Waals surface area contributed by atoms with Gasteiger partial charge in [0.25, 0.3) is 0 Å². The molecule has 1 N–H and O–H groups in total. The molecule has 2 rings (SSSR count). The molecule has 0 aromatic heterocycles. The summed E-state index contributed by atoms with van der Waals surface area (Å²) in [5.41, 5.74) is 1.63. The van der Waals surface area contributed by atoms with Gasteiger partial charge in [-0.1, -0.05) is 13.8 Å². The number of hydrogen-bond acceptors (Lipinski definition) is 3. The molecule has 0 saturated heterocycles. The summed E-state index contributed by atoms with van der Waals surface area (Å²) in [6.07, 6.45) is 3.76. The minimum Gasteiger partial charge on any atom is -0.462 e. The van der Waals surface area contributed by atoms with Gasteiger partial charge < -0.3 is 10.1 Å². The molecule has 0 radical (unpaired) electrons. The zero-order chi connectivity index (χ0) is 15.4. The van der Waals surface area contributed by atoms with E-state index in [1.165, 1.54) is 19.3 Å². The topological polar surface area (TPSA) is 38.3 Å². The first-order valence-electron chi connectivity index (χ1n) is 7.74. The molecule has 0 bridgehead atoms. The Morgan fingerprint density at radius 2 is 2.14 bits per heavy atom. The highest BCUT2D eigenvalue weighted by Gasteiger charge is 2.25. The number of rotatable bonds is 4. The lowest BCUT2D eigenvalue weighted by molar-refractivity contribution is 0.0526. The quantitative estimate of drug-likeness (QED) is 0.785. The van der Waals surface area contributed by atoms with Crippen molar-refractivity contribution < 1.29 is 9.53 Å². The molecule has 116 valence electrons. The van der Waals surface area contributed by atoms with E-state index in [2.05, 4.69) is 35.1 Å². The van der Waals surface area contributed by atoms with Crippen molar-refractivity contribution in [1.29, 1.82) is 0 Å². The van der Waals surface area contributed by atoms with E-state index in [1.54, 1.807) is 0 Å². The molecule has 0 heterocycles. The van der Waals surface area contributed by atoms with E-state index in [1.807, 2.05) is 25.1 Å². The molecule has 3 unspecified atom stereocenters. The van der Waals surface area contributed by atoms with Crippen LogP contribution in [0.5, 0.6) is 0 Å². The second-order valence-electron chi connectivity index (χ2n) is 6.06. The number of ether oxygens (including phenoxy) is 1. The fraction of sp³-hybridized carbons (Fsp3) is 0.588. The molecule has 3 nitrogen and oxygen atoms in total. The van der Waals surface area contributed by atoms with Gasteiger partial charge in [-0.3, -0.25) is 0 Å². The molecule has 1 fully saturated rings. The van der Waals surface area contributed by atoms with E-state index >= 15 is 0 Å². The van der Waals surface area contributed by atoms with Crippen LogP contribution in [-0.4, -0.2) is 18.6 Å². The SMILES string of the molecule is CCOC(=O)c1ccc(NC2CCC(C)CC2C)c(Br)c1. The molecule has 0 aliphatic heterocycles. The van der Waals surface area contributed by atoms with Gasteiger partial charge in [-0.25, -0.2) is 4.79 Å². The van der Waals surface area contributed by atoms with Crippen LogP contribution in [0.1, 0.15) is 50.4 Å². The van der Waals surface area contributed by atoms with Crippen LogP contribution in [0.2, 0.25) is 0 Å². The zero-order valence-electron chi connectivity index (χ0n) is 13.0. The van der Waals surface area contributed by atoms with Crippen LogP contribution >= 0.6 is 15.9 Å². The van der Waals surface area contributed by atoms with Crippen molar-refractivity contribution in [2.24, 2.45) is 11.8 Å². The summed E-state index contributed by atoms with van der Waals surface area (Å²) in [6.45, 7) is 6.85. The smallest absolute Gasteiger partial charge is 0.338 e. The van der Waals surface area contributed by atoms with Gasteiger partial charge in [-0.15, -0.1) is 0 Å². The Labute approximate surface area is 135 Å². The van der Waals surface area contributed by atoms with Gasteiger partial charge >= 0.3 is 5.97 Å². The molecule has 1 aromatic rings. The molecule has 1 saturated carbocycles. The van der Waals surface area contributed by atoms with Crippen LogP contribution in [0, 0.1) is 11.8 Å². The second kappa shape index (κ2) is 7.30. The van der Waals surface area contributed by atoms with Crippen molar-refractivity contribution >= 4 is 27.6 Å². The number of anilines is 1. The highest BCUT2D eigenvalue weighted by Crippen LogP contribution is 2.33. The minimum atomic E-state index is -0.274. The number of hydrogen-bond donors (Lipinski definition) is 1. The third kappa shape index (κ3) is 4.22. The Balaban J connectivity index is 2.06. The standard InChI is InChI=1S/C17H24BrNO2/c1-4-21-17(20)13-6-8-16(14(18)10-13)19-15-7-5-11(2)9-12(15)3/h6,8,10-12,15,19H,4-5,7,9H2,1-3H3. The molecule has 0 spiro atoms. The Morgan fingerprint density at radius 3 is 2.76 bits per heavy atom. The highest BCUT2D eigenvalue weighted by molar-refractivity contribution is 9.10. The van der Waals surface area contributed by atoms with Crippen molar-refractivity contribution in [3.63, 3.8) is 0 Å². The fourth-order valence-electron chi connectivity index (χ4n) is 3.05.